The van der Waals surface area contributed by atoms with Gasteiger partial charge in [0.15, 0.2) is 11.5 Å². The van der Waals surface area contributed by atoms with Crippen molar-refractivity contribution in [1.82, 2.24) is 4.90 Å². The normalized spacial score (nSPS) is 21.3. The highest BCUT2D eigenvalue weighted by Crippen LogP contribution is 2.40. The molecule has 1 unspecified atom stereocenters. The zero-order chi connectivity index (χ0) is 14.8. The Kier molecular flexibility index (Phi) is 4.54. The quantitative estimate of drug-likeness (QED) is 0.883. The molecule has 1 aromatic rings. The number of halogens is 1. The van der Waals surface area contributed by atoms with Crippen molar-refractivity contribution in [3.05, 3.63) is 22.7 Å². The third-order valence-electron chi connectivity index (χ3n) is 4.03. The smallest absolute Gasteiger partial charge is 0.179 e. The summed E-state index contributed by atoms with van der Waals surface area (Å²) in [5.41, 5.74) is 6.83. The maximum atomic E-state index is 10.5. The van der Waals surface area contributed by atoms with E-state index in [0.717, 1.165) is 13.1 Å². The molecule has 1 fully saturated rings. The number of benzene rings is 1. The maximum Gasteiger partial charge on any atom is 0.179 e. The van der Waals surface area contributed by atoms with Crippen LogP contribution in [0.25, 0.3) is 0 Å². The van der Waals surface area contributed by atoms with E-state index in [1.807, 2.05) is 0 Å². The van der Waals surface area contributed by atoms with E-state index in [0.29, 0.717) is 41.8 Å². The van der Waals surface area contributed by atoms with Crippen LogP contribution >= 0.6 is 11.6 Å². The molecule has 2 atom stereocenters. The van der Waals surface area contributed by atoms with Gasteiger partial charge in [0, 0.05) is 12.6 Å². The van der Waals surface area contributed by atoms with Crippen LogP contribution in [0.1, 0.15) is 24.5 Å². The number of rotatable bonds is 4. The van der Waals surface area contributed by atoms with E-state index in [-0.39, 0.29) is 6.04 Å². The fourth-order valence-corrected chi connectivity index (χ4v) is 3.19. The molecule has 6 heteroatoms. The van der Waals surface area contributed by atoms with Crippen LogP contribution in [0.15, 0.2) is 12.1 Å². The molecule has 3 N–H and O–H groups in total. The molecule has 3 rings (SSSR count). The van der Waals surface area contributed by atoms with Gasteiger partial charge >= 0.3 is 0 Å². The van der Waals surface area contributed by atoms with E-state index in [4.69, 9.17) is 26.8 Å². The summed E-state index contributed by atoms with van der Waals surface area (Å²) in [5, 5.41) is 10.9. The predicted octanol–water partition coefficient (Wildman–Crippen LogP) is 1.57. The summed E-state index contributed by atoms with van der Waals surface area (Å²) >= 11 is 6.20. The molecule has 1 saturated heterocycles. The van der Waals surface area contributed by atoms with Crippen LogP contribution < -0.4 is 15.2 Å². The minimum absolute atomic E-state index is 0.346. The second-order valence-electron chi connectivity index (χ2n) is 5.64. The standard InChI is InChI=1S/C15H21ClN2O3/c16-11-7-10(8-13-15(11)21-6-5-20-13)14(19)12(17)9-18-3-1-2-4-18/h7-8,12,14,19H,1-6,9,17H2/t12-,14?/m1/s1. The fourth-order valence-electron chi connectivity index (χ4n) is 2.91. The van der Waals surface area contributed by atoms with Crippen LogP contribution in [0.4, 0.5) is 0 Å². The SMILES string of the molecule is N[C@H](CN1CCCC1)C(O)c1cc(Cl)c2c(c1)OCCO2. The highest BCUT2D eigenvalue weighted by Gasteiger charge is 2.25. The van der Waals surface area contributed by atoms with Crippen molar-refractivity contribution in [2.45, 2.75) is 25.0 Å². The van der Waals surface area contributed by atoms with Gasteiger partial charge in [-0.25, -0.2) is 0 Å². The molecule has 21 heavy (non-hydrogen) atoms. The average molecular weight is 313 g/mol. The Hall–Kier alpha value is -1.01. The fraction of sp³-hybridized carbons (Fsp3) is 0.600. The zero-order valence-electron chi connectivity index (χ0n) is 11.9. The number of aliphatic hydroxyl groups is 1. The highest BCUT2D eigenvalue weighted by molar-refractivity contribution is 6.32. The van der Waals surface area contributed by atoms with Crippen molar-refractivity contribution >= 4 is 11.6 Å². The molecule has 2 aliphatic rings. The number of hydrogen-bond donors (Lipinski definition) is 2. The minimum atomic E-state index is -0.765. The van der Waals surface area contributed by atoms with Crippen LogP contribution in [0.2, 0.25) is 5.02 Å². The number of nitrogens with two attached hydrogens (primary N) is 1. The first-order valence-electron chi connectivity index (χ1n) is 7.40. The first-order chi connectivity index (χ1) is 10.1. The lowest BCUT2D eigenvalue weighted by Gasteiger charge is -2.26. The van der Waals surface area contributed by atoms with Crippen LogP contribution in [-0.2, 0) is 0 Å². The number of fused-ring (bicyclic) bond motifs is 1. The van der Waals surface area contributed by atoms with Crippen molar-refractivity contribution in [3.63, 3.8) is 0 Å². The number of aliphatic hydroxyl groups excluding tert-OH is 1. The molecule has 0 saturated carbocycles. The van der Waals surface area contributed by atoms with E-state index in [9.17, 15) is 5.11 Å². The summed E-state index contributed by atoms with van der Waals surface area (Å²) in [7, 11) is 0. The lowest BCUT2D eigenvalue weighted by Crippen LogP contribution is -2.40. The van der Waals surface area contributed by atoms with E-state index >= 15 is 0 Å². The molecule has 2 aliphatic heterocycles. The third kappa shape index (κ3) is 3.26. The Morgan fingerprint density at radius 2 is 1.95 bits per heavy atom. The lowest BCUT2D eigenvalue weighted by atomic mass is 10.0. The van der Waals surface area contributed by atoms with E-state index in [1.54, 1.807) is 12.1 Å². The molecule has 0 radical (unpaired) electrons. The van der Waals surface area contributed by atoms with Crippen LogP contribution in [0.3, 0.4) is 0 Å². The molecule has 0 spiro atoms. The Labute approximate surface area is 129 Å². The first-order valence-corrected chi connectivity index (χ1v) is 7.78. The average Bonchev–Trinajstić information content (AvgIpc) is 2.99. The van der Waals surface area contributed by atoms with Gasteiger partial charge in [0.2, 0.25) is 0 Å². The van der Waals surface area contributed by atoms with Crippen molar-refractivity contribution in [2.75, 3.05) is 32.8 Å². The number of likely N-dealkylation sites (tertiary alicyclic amines) is 1. The monoisotopic (exact) mass is 312 g/mol. The van der Waals surface area contributed by atoms with Gasteiger partial charge in [-0.3, -0.25) is 0 Å². The maximum absolute atomic E-state index is 10.5. The Balaban J connectivity index is 1.74. The summed E-state index contributed by atoms with van der Waals surface area (Å²) in [6, 6.07) is 3.14. The summed E-state index contributed by atoms with van der Waals surface area (Å²) in [5.74, 6) is 1.13. The summed E-state index contributed by atoms with van der Waals surface area (Å²) in [4.78, 5) is 2.29. The lowest BCUT2D eigenvalue weighted by molar-refractivity contribution is 0.124. The second-order valence-corrected chi connectivity index (χ2v) is 6.05. The van der Waals surface area contributed by atoms with Crippen molar-refractivity contribution in [2.24, 2.45) is 5.73 Å². The Bertz CT molecular complexity index is 506. The van der Waals surface area contributed by atoms with E-state index < -0.39 is 6.10 Å². The zero-order valence-corrected chi connectivity index (χ0v) is 12.7. The molecule has 0 bridgehead atoms. The molecule has 0 aromatic heterocycles. The molecule has 1 aromatic carbocycles. The molecular weight excluding hydrogens is 292 g/mol. The number of hydrogen-bond acceptors (Lipinski definition) is 5. The van der Waals surface area contributed by atoms with Crippen LogP contribution in [-0.4, -0.2) is 48.9 Å². The molecule has 5 nitrogen and oxygen atoms in total. The molecule has 0 amide bonds. The van der Waals surface area contributed by atoms with Crippen LogP contribution in [0, 0.1) is 0 Å². The first kappa shape index (κ1) is 14.9. The van der Waals surface area contributed by atoms with E-state index in [1.165, 1.54) is 12.8 Å². The molecular formula is C15H21ClN2O3. The van der Waals surface area contributed by atoms with Crippen molar-refractivity contribution < 1.29 is 14.6 Å². The second kappa shape index (κ2) is 6.40. The van der Waals surface area contributed by atoms with Gasteiger partial charge in [-0.2, -0.15) is 0 Å². The Morgan fingerprint density at radius 1 is 1.24 bits per heavy atom. The van der Waals surface area contributed by atoms with Gasteiger partial charge in [-0.15, -0.1) is 0 Å². The molecule has 2 heterocycles. The number of nitrogens with zero attached hydrogens (tertiary/aromatic N) is 1. The molecule has 0 aliphatic carbocycles. The van der Waals surface area contributed by atoms with Crippen molar-refractivity contribution in [3.8, 4) is 11.5 Å². The summed E-state index contributed by atoms with van der Waals surface area (Å²) < 4.78 is 11.0. The summed E-state index contributed by atoms with van der Waals surface area (Å²) in [6.07, 6.45) is 1.65. The predicted molar refractivity (Wildman–Crippen MR) is 81.1 cm³/mol. The third-order valence-corrected chi connectivity index (χ3v) is 4.31. The molecule has 116 valence electrons. The van der Waals surface area contributed by atoms with Crippen LogP contribution in [0.5, 0.6) is 11.5 Å². The van der Waals surface area contributed by atoms with Crippen molar-refractivity contribution in [1.29, 1.82) is 0 Å². The highest BCUT2D eigenvalue weighted by atomic mass is 35.5. The Morgan fingerprint density at radius 3 is 2.71 bits per heavy atom. The van der Waals surface area contributed by atoms with Gasteiger partial charge in [0.05, 0.1) is 11.1 Å². The minimum Gasteiger partial charge on any atom is -0.486 e. The van der Waals surface area contributed by atoms with Gasteiger partial charge in [0.1, 0.15) is 13.2 Å². The topological polar surface area (TPSA) is 68.0 Å². The van der Waals surface area contributed by atoms with Gasteiger partial charge in [-0.1, -0.05) is 11.6 Å². The number of ether oxygens (including phenoxy) is 2. The largest absolute Gasteiger partial charge is 0.486 e. The van der Waals surface area contributed by atoms with Gasteiger partial charge in [0.25, 0.3) is 0 Å². The van der Waals surface area contributed by atoms with Gasteiger partial charge in [-0.05, 0) is 43.6 Å². The van der Waals surface area contributed by atoms with E-state index in [2.05, 4.69) is 4.90 Å². The van der Waals surface area contributed by atoms with Gasteiger partial charge < -0.3 is 25.2 Å². The summed E-state index contributed by atoms with van der Waals surface area (Å²) in [6.45, 7) is 3.78.